The monoisotopic (exact) mass is 401 g/mol. The number of benzene rings is 2. The Morgan fingerprint density at radius 1 is 1.03 bits per heavy atom. The Morgan fingerprint density at radius 2 is 1.66 bits per heavy atom. The smallest absolute Gasteiger partial charge is 0.407 e. The van der Waals surface area contributed by atoms with E-state index in [1.54, 1.807) is 18.2 Å². The van der Waals surface area contributed by atoms with Gasteiger partial charge >= 0.3 is 6.09 Å². The molecule has 1 atom stereocenters. The van der Waals surface area contributed by atoms with Crippen LogP contribution in [0.1, 0.15) is 25.3 Å². The Morgan fingerprint density at radius 3 is 2.03 bits per heavy atom. The minimum Gasteiger partial charge on any atom is -0.457 e. The molecule has 1 unspecified atom stereocenters. The molecule has 0 saturated carbocycles. The largest absolute Gasteiger partial charge is 0.457 e. The second-order valence-corrected chi connectivity index (χ2v) is 6.55. The SMILES string of the molecule is CC1CNC(=O)O1.Cc1ccc(Oc2ccc(F)cc2)cc1.FC1=CC=CCC1. The lowest BCUT2D eigenvalue weighted by molar-refractivity contribution is 0.148. The summed E-state index contributed by atoms with van der Waals surface area (Å²) in [5.74, 6) is 1.14. The molecule has 1 N–H and O–H groups in total. The second-order valence-electron chi connectivity index (χ2n) is 6.55. The van der Waals surface area contributed by atoms with E-state index in [1.165, 1.54) is 23.8 Å². The molecule has 1 aliphatic carbocycles. The quantitative estimate of drug-likeness (QED) is 0.649. The van der Waals surface area contributed by atoms with Crippen molar-refractivity contribution in [1.82, 2.24) is 5.32 Å². The zero-order valence-electron chi connectivity index (χ0n) is 16.5. The molecule has 6 heteroatoms. The summed E-state index contributed by atoms with van der Waals surface area (Å²) < 4.78 is 34.7. The lowest BCUT2D eigenvalue weighted by atomic mass is 10.2. The van der Waals surface area contributed by atoms with Crippen LogP contribution in [0.2, 0.25) is 0 Å². The third kappa shape index (κ3) is 9.06. The first-order chi connectivity index (χ1) is 13.9. The second kappa shape index (κ2) is 11.6. The molecule has 2 aromatic carbocycles. The number of aryl methyl sites for hydroxylation is 1. The van der Waals surface area contributed by atoms with Crippen molar-refractivity contribution >= 4 is 6.09 Å². The predicted molar refractivity (Wildman–Crippen MR) is 109 cm³/mol. The van der Waals surface area contributed by atoms with Crippen molar-refractivity contribution in [2.45, 2.75) is 32.8 Å². The molecular formula is C23H25F2NO3. The summed E-state index contributed by atoms with van der Waals surface area (Å²) >= 11 is 0. The zero-order valence-corrected chi connectivity index (χ0v) is 16.5. The van der Waals surface area contributed by atoms with Gasteiger partial charge in [-0.15, -0.1) is 0 Å². The predicted octanol–water partition coefficient (Wildman–Crippen LogP) is 6.23. The first-order valence-electron chi connectivity index (χ1n) is 9.38. The molecular weight excluding hydrogens is 376 g/mol. The number of hydrogen-bond acceptors (Lipinski definition) is 3. The fourth-order valence-corrected chi connectivity index (χ4v) is 2.31. The molecule has 2 aromatic rings. The van der Waals surface area contributed by atoms with E-state index in [0.29, 0.717) is 18.7 Å². The average Bonchev–Trinajstić information content (AvgIpc) is 3.10. The summed E-state index contributed by atoms with van der Waals surface area (Å²) in [6.07, 6.45) is 6.43. The van der Waals surface area contributed by atoms with Gasteiger partial charge in [-0.2, -0.15) is 0 Å². The van der Waals surface area contributed by atoms with Crippen molar-refractivity contribution in [2.75, 3.05) is 6.54 Å². The molecule has 4 nitrogen and oxygen atoms in total. The van der Waals surface area contributed by atoms with Crippen molar-refractivity contribution in [3.63, 3.8) is 0 Å². The van der Waals surface area contributed by atoms with E-state index in [4.69, 9.17) is 4.74 Å². The lowest BCUT2D eigenvalue weighted by Crippen LogP contribution is -2.12. The number of nitrogens with one attached hydrogen (secondary N) is 1. The van der Waals surface area contributed by atoms with Crippen LogP contribution in [0.25, 0.3) is 0 Å². The minimum absolute atomic E-state index is 0.00231. The number of alkyl carbamates (subject to hydrolysis) is 1. The highest BCUT2D eigenvalue weighted by molar-refractivity contribution is 5.69. The Balaban J connectivity index is 0.000000178. The van der Waals surface area contributed by atoms with Crippen LogP contribution in [0.4, 0.5) is 13.6 Å². The molecule has 1 amide bonds. The van der Waals surface area contributed by atoms with Crippen LogP contribution in [0.3, 0.4) is 0 Å². The van der Waals surface area contributed by atoms with Gasteiger partial charge in [0.2, 0.25) is 0 Å². The van der Waals surface area contributed by atoms with Crippen molar-refractivity contribution in [3.8, 4) is 11.5 Å². The molecule has 29 heavy (non-hydrogen) atoms. The summed E-state index contributed by atoms with van der Waals surface area (Å²) in [6.45, 7) is 4.51. The fraction of sp³-hybridized carbons (Fsp3) is 0.261. The van der Waals surface area contributed by atoms with Gasteiger partial charge in [0, 0.05) is 6.42 Å². The third-order valence-electron chi connectivity index (χ3n) is 3.88. The summed E-state index contributed by atoms with van der Waals surface area (Å²) in [5.41, 5.74) is 1.18. The summed E-state index contributed by atoms with van der Waals surface area (Å²) in [6, 6.07) is 13.7. The highest BCUT2D eigenvalue weighted by Gasteiger charge is 2.16. The van der Waals surface area contributed by atoms with Gasteiger partial charge in [-0.3, -0.25) is 0 Å². The molecule has 4 rings (SSSR count). The summed E-state index contributed by atoms with van der Waals surface area (Å²) in [7, 11) is 0. The van der Waals surface area contributed by atoms with E-state index in [2.05, 4.69) is 10.1 Å². The molecule has 1 aliphatic heterocycles. The van der Waals surface area contributed by atoms with Crippen LogP contribution in [0.15, 0.2) is 72.6 Å². The number of carbonyl (C=O) groups is 1. The Kier molecular flexibility index (Phi) is 8.89. The highest BCUT2D eigenvalue weighted by Crippen LogP contribution is 2.21. The van der Waals surface area contributed by atoms with Crippen LogP contribution >= 0.6 is 0 Å². The van der Waals surface area contributed by atoms with Crippen molar-refractivity contribution in [1.29, 1.82) is 0 Å². The van der Waals surface area contributed by atoms with Gasteiger partial charge < -0.3 is 14.8 Å². The van der Waals surface area contributed by atoms with E-state index in [1.807, 2.05) is 44.2 Å². The van der Waals surface area contributed by atoms with Crippen molar-refractivity contribution in [3.05, 3.63) is 84.0 Å². The Bertz CT molecular complexity index is 787. The summed E-state index contributed by atoms with van der Waals surface area (Å²) in [4.78, 5) is 10.1. The van der Waals surface area contributed by atoms with Crippen LogP contribution in [0.5, 0.6) is 11.5 Å². The maximum absolute atomic E-state index is 12.6. The van der Waals surface area contributed by atoms with Gasteiger partial charge in [-0.05, 0) is 62.7 Å². The number of cyclic esters (lactones) is 1. The Labute approximate surface area is 169 Å². The molecule has 0 radical (unpaired) electrons. The lowest BCUT2D eigenvalue weighted by Gasteiger charge is -2.05. The minimum atomic E-state index is -0.299. The number of rotatable bonds is 2. The van der Waals surface area contributed by atoms with Crippen molar-refractivity contribution in [2.24, 2.45) is 0 Å². The van der Waals surface area contributed by atoms with E-state index in [0.717, 1.165) is 12.2 Å². The number of ether oxygens (including phenoxy) is 2. The zero-order chi connectivity index (χ0) is 21.1. The molecule has 154 valence electrons. The van der Waals surface area contributed by atoms with Gasteiger partial charge in [-0.25, -0.2) is 13.6 Å². The fourth-order valence-electron chi connectivity index (χ4n) is 2.31. The van der Waals surface area contributed by atoms with E-state index < -0.39 is 0 Å². The van der Waals surface area contributed by atoms with Crippen LogP contribution in [-0.2, 0) is 4.74 Å². The molecule has 1 heterocycles. The molecule has 0 aromatic heterocycles. The maximum Gasteiger partial charge on any atom is 0.407 e. The molecule has 0 bridgehead atoms. The van der Waals surface area contributed by atoms with Crippen molar-refractivity contribution < 1.29 is 23.0 Å². The van der Waals surface area contributed by atoms with Crippen LogP contribution in [0, 0.1) is 12.7 Å². The molecule has 1 saturated heterocycles. The van der Waals surface area contributed by atoms with Crippen LogP contribution < -0.4 is 10.1 Å². The van der Waals surface area contributed by atoms with Gasteiger partial charge in [0.15, 0.2) is 0 Å². The number of carbonyl (C=O) groups excluding carboxylic acids is 1. The molecule has 1 fully saturated rings. The highest BCUT2D eigenvalue weighted by atomic mass is 19.1. The van der Waals surface area contributed by atoms with E-state index in [-0.39, 0.29) is 23.8 Å². The number of amides is 1. The third-order valence-corrected chi connectivity index (χ3v) is 3.88. The van der Waals surface area contributed by atoms with E-state index >= 15 is 0 Å². The normalized spacial score (nSPS) is 16.9. The number of hydrogen-bond donors (Lipinski definition) is 1. The molecule has 0 spiro atoms. The Hall–Kier alpha value is -3.15. The van der Waals surface area contributed by atoms with Gasteiger partial charge in [0.1, 0.15) is 29.2 Å². The number of allylic oxidation sites excluding steroid dienone is 4. The average molecular weight is 401 g/mol. The summed E-state index contributed by atoms with van der Waals surface area (Å²) in [5, 5.41) is 2.51. The maximum atomic E-state index is 12.6. The number of halogens is 2. The van der Waals surface area contributed by atoms with Gasteiger partial charge in [0.25, 0.3) is 0 Å². The first kappa shape index (κ1) is 22.1. The van der Waals surface area contributed by atoms with Gasteiger partial charge in [0.05, 0.1) is 6.54 Å². The first-order valence-corrected chi connectivity index (χ1v) is 9.38. The van der Waals surface area contributed by atoms with Crippen LogP contribution in [-0.4, -0.2) is 18.7 Å². The van der Waals surface area contributed by atoms with Gasteiger partial charge in [-0.1, -0.05) is 29.8 Å². The topological polar surface area (TPSA) is 47.6 Å². The standard InChI is InChI=1S/C13H11FO.C6H7F.C4H7NO2/c1-10-2-6-12(7-3-10)15-13-8-4-11(14)5-9-13;7-6-4-2-1-3-5-6;1-3-2-5-4(6)7-3/h2-9H,1H3;1-2,4H,3,5H2;3H,2H2,1H3,(H,5,6). The molecule has 2 aliphatic rings. The van der Waals surface area contributed by atoms with E-state index in [9.17, 15) is 13.6 Å².